The number of hydrogen-bond acceptors (Lipinski definition) is 4. The molecule has 1 unspecified atom stereocenters. The van der Waals surface area contributed by atoms with Crippen LogP contribution in [0.4, 0.5) is 18.9 Å². The van der Waals surface area contributed by atoms with Gasteiger partial charge in [0.25, 0.3) is 0 Å². The molecule has 4 nitrogen and oxygen atoms in total. The highest BCUT2D eigenvalue weighted by atomic mass is 35.5. The summed E-state index contributed by atoms with van der Waals surface area (Å²) < 4.78 is 50.8. The predicted octanol–water partition coefficient (Wildman–Crippen LogP) is 4.29. The summed E-state index contributed by atoms with van der Waals surface area (Å²) in [6, 6.07) is 8.71. The average molecular weight is 345 g/mol. The molecule has 1 aromatic carbocycles. The van der Waals surface area contributed by atoms with Crippen LogP contribution in [-0.2, 0) is 10.3 Å². The van der Waals surface area contributed by atoms with Gasteiger partial charge in [-0.15, -0.1) is 0 Å². The number of nitrogen functional groups attached to an aromatic ring is 1. The fourth-order valence-electron chi connectivity index (χ4n) is 2.40. The van der Waals surface area contributed by atoms with Gasteiger partial charge in [0.1, 0.15) is 10.9 Å². The van der Waals surface area contributed by atoms with Gasteiger partial charge in [0, 0.05) is 12.0 Å². The molecular weight excluding hydrogens is 333 g/mol. The van der Waals surface area contributed by atoms with Crippen molar-refractivity contribution in [3.63, 3.8) is 0 Å². The lowest BCUT2D eigenvalue weighted by atomic mass is 9.85. The van der Waals surface area contributed by atoms with Crippen LogP contribution >= 0.6 is 11.6 Å². The average Bonchev–Trinajstić information content (AvgIpc) is 2.42. The van der Waals surface area contributed by atoms with E-state index in [2.05, 4.69) is 4.98 Å². The van der Waals surface area contributed by atoms with Crippen LogP contribution in [0.5, 0.6) is 11.6 Å². The number of hydrogen-bond donors (Lipinski definition) is 1. The smallest absolute Gasteiger partial charge is 0.421 e. The lowest BCUT2D eigenvalue weighted by Gasteiger charge is -2.43. The Kier molecular flexibility index (Phi) is 3.85. The second-order valence-corrected chi connectivity index (χ2v) is 5.44. The maximum absolute atomic E-state index is 13.5. The molecule has 23 heavy (non-hydrogen) atoms. The number of pyridine rings is 1. The van der Waals surface area contributed by atoms with E-state index in [1.807, 2.05) is 0 Å². The molecule has 0 amide bonds. The van der Waals surface area contributed by atoms with E-state index in [-0.39, 0.29) is 41.1 Å². The van der Waals surface area contributed by atoms with E-state index in [4.69, 9.17) is 26.8 Å². The minimum atomic E-state index is -4.56. The zero-order valence-corrected chi connectivity index (χ0v) is 12.5. The van der Waals surface area contributed by atoms with Gasteiger partial charge in [0.2, 0.25) is 5.88 Å². The Balaban J connectivity index is 2.04. The Bertz CT molecular complexity index is 733. The molecule has 0 aliphatic carbocycles. The van der Waals surface area contributed by atoms with Gasteiger partial charge in [-0.25, -0.2) is 0 Å². The summed E-state index contributed by atoms with van der Waals surface area (Å²) in [6.07, 6.45) is -4.73. The van der Waals surface area contributed by atoms with Crippen LogP contribution in [0.1, 0.15) is 12.0 Å². The summed E-state index contributed by atoms with van der Waals surface area (Å²) in [4.78, 5) is 3.89. The monoisotopic (exact) mass is 344 g/mol. The number of benzene rings is 1. The molecule has 2 aromatic rings. The Morgan fingerprint density at radius 2 is 1.91 bits per heavy atom. The van der Waals surface area contributed by atoms with Crippen LogP contribution in [0.25, 0.3) is 0 Å². The lowest BCUT2D eigenvalue weighted by molar-refractivity contribution is -0.333. The van der Waals surface area contributed by atoms with Gasteiger partial charge in [-0.2, -0.15) is 18.2 Å². The van der Waals surface area contributed by atoms with Gasteiger partial charge in [0.05, 0.1) is 12.3 Å². The van der Waals surface area contributed by atoms with E-state index in [9.17, 15) is 13.2 Å². The van der Waals surface area contributed by atoms with Crippen molar-refractivity contribution >= 4 is 17.3 Å². The summed E-state index contributed by atoms with van der Waals surface area (Å²) in [5, 5.41) is 0.122. The number of nitrogens with zero attached hydrogens (tertiary/aromatic N) is 1. The van der Waals surface area contributed by atoms with Crippen LogP contribution in [0.15, 0.2) is 36.4 Å². The lowest BCUT2D eigenvalue weighted by Crippen LogP contribution is -2.52. The van der Waals surface area contributed by atoms with Crippen molar-refractivity contribution in [3.8, 4) is 11.6 Å². The molecule has 1 aliphatic heterocycles. The summed E-state index contributed by atoms with van der Waals surface area (Å²) >= 11 is 5.77. The van der Waals surface area contributed by atoms with Gasteiger partial charge >= 0.3 is 6.18 Å². The van der Waals surface area contributed by atoms with Crippen molar-refractivity contribution in [1.29, 1.82) is 0 Å². The number of ether oxygens (including phenoxy) is 2. The van der Waals surface area contributed by atoms with E-state index >= 15 is 0 Å². The molecule has 0 radical (unpaired) electrons. The van der Waals surface area contributed by atoms with Crippen LogP contribution in [0.2, 0.25) is 5.15 Å². The first-order valence-corrected chi connectivity index (χ1v) is 7.11. The van der Waals surface area contributed by atoms with Crippen molar-refractivity contribution in [1.82, 2.24) is 4.98 Å². The Hall–Kier alpha value is -1.99. The molecule has 1 aliphatic rings. The minimum absolute atomic E-state index is 0.0222. The number of halogens is 4. The molecule has 1 fully saturated rings. The van der Waals surface area contributed by atoms with Crippen molar-refractivity contribution in [3.05, 3.63) is 47.1 Å². The molecule has 1 aromatic heterocycles. The van der Waals surface area contributed by atoms with Gasteiger partial charge < -0.3 is 15.2 Å². The second kappa shape index (κ2) is 5.58. The third-order valence-electron chi connectivity index (χ3n) is 3.64. The molecule has 122 valence electrons. The third-order valence-corrected chi connectivity index (χ3v) is 3.86. The Labute approximate surface area is 135 Å². The van der Waals surface area contributed by atoms with E-state index in [1.165, 1.54) is 30.3 Å². The topological polar surface area (TPSA) is 57.4 Å². The zero-order chi connectivity index (χ0) is 16.7. The first-order chi connectivity index (χ1) is 10.8. The number of anilines is 1. The maximum Gasteiger partial charge on any atom is 0.421 e. The van der Waals surface area contributed by atoms with E-state index < -0.39 is 11.8 Å². The van der Waals surface area contributed by atoms with Gasteiger partial charge in [-0.3, -0.25) is 0 Å². The van der Waals surface area contributed by atoms with Crippen LogP contribution in [0.3, 0.4) is 0 Å². The molecule has 3 rings (SSSR count). The molecular formula is C15H12ClF3N2O2. The quantitative estimate of drug-likeness (QED) is 0.844. The summed E-state index contributed by atoms with van der Waals surface area (Å²) in [5.74, 6) is -0.0763. The number of para-hydroxylation sites is 1. The fraction of sp³-hybridized carbons (Fsp3) is 0.267. The summed E-state index contributed by atoms with van der Waals surface area (Å²) in [6.45, 7) is 0.0331. The van der Waals surface area contributed by atoms with E-state index in [1.54, 1.807) is 6.07 Å². The number of alkyl halides is 3. The fourth-order valence-corrected chi connectivity index (χ4v) is 2.54. The third kappa shape index (κ3) is 2.70. The normalized spacial score (nSPS) is 20.9. The molecule has 2 N–H and O–H groups in total. The standard InChI is InChI=1S/C15H12ClF3N2O2/c16-12-6-5-10(20)13(21-12)23-11-4-2-1-3-9(11)14(7-8-22-14)15(17,18)19/h1-6H,7-8,20H2. The van der Waals surface area contributed by atoms with Crippen molar-refractivity contribution in [2.24, 2.45) is 0 Å². The van der Waals surface area contributed by atoms with Crippen LogP contribution in [-0.4, -0.2) is 17.8 Å². The van der Waals surface area contributed by atoms with Crippen molar-refractivity contribution < 1.29 is 22.6 Å². The summed E-state index contributed by atoms with van der Waals surface area (Å²) in [5.41, 5.74) is 3.42. The minimum Gasteiger partial charge on any atom is -0.437 e. The highest BCUT2D eigenvalue weighted by Gasteiger charge is 2.62. The predicted molar refractivity (Wildman–Crippen MR) is 78.5 cm³/mol. The van der Waals surface area contributed by atoms with E-state index in [0.29, 0.717) is 0 Å². The molecule has 0 saturated carbocycles. The molecule has 2 heterocycles. The zero-order valence-electron chi connectivity index (χ0n) is 11.7. The first kappa shape index (κ1) is 15.9. The highest BCUT2D eigenvalue weighted by Crippen LogP contribution is 2.53. The Morgan fingerprint density at radius 1 is 1.22 bits per heavy atom. The van der Waals surface area contributed by atoms with Crippen LogP contribution < -0.4 is 10.5 Å². The SMILES string of the molecule is Nc1ccc(Cl)nc1Oc1ccccc1C1(C(F)(F)F)CCO1. The molecule has 8 heteroatoms. The molecule has 1 atom stereocenters. The molecule has 0 bridgehead atoms. The van der Waals surface area contributed by atoms with Crippen LogP contribution in [0, 0.1) is 0 Å². The van der Waals surface area contributed by atoms with Gasteiger partial charge in [-0.1, -0.05) is 29.8 Å². The largest absolute Gasteiger partial charge is 0.437 e. The molecule has 1 saturated heterocycles. The number of aromatic nitrogens is 1. The van der Waals surface area contributed by atoms with Gasteiger partial charge in [-0.05, 0) is 18.2 Å². The highest BCUT2D eigenvalue weighted by molar-refractivity contribution is 6.29. The maximum atomic E-state index is 13.5. The number of rotatable bonds is 3. The van der Waals surface area contributed by atoms with Crippen molar-refractivity contribution in [2.75, 3.05) is 12.3 Å². The second-order valence-electron chi connectivity index (χ2n) is 5.05. The number of nitrogens with two attached hydrogens (primary N) is 1. The molecule has 0 spiro atoms. The van der Waals surface area contributed by atoms with Gasteiger partial charge in [0.15, 0.2) is 5.60 Å². The van der Waals surface area contributed by atoms with Crippen molar-refractivity contribution in [2.45, 2.75) is 18.2 Å². The van der Waals surface area contributed by atoms with E-state index in [0.717, 1.165) is 0 Å². The first-order valence-electron chi connectivity index (χ1n) is 6.73. The Morgan fingerprint density at radius 3 is 2.52 bits per heavy atom. The summed E-state index contributed by atoms with van der Waals surface area (Å²) in [7, 11) is 0.